The van der Waals surface area contributed by atoms with Gasteiger partial charge in [0.1, 0.15) is 11.9 Å². The fraction of sp³-hybridized carbons (Fsp3) is 0.200. The average molecular weight is 264 g/mol. The molecule has 0 aliphatic carbocycles. The average Bonchev–Trinajstić information content (AvgIpc) is 2.41. The molecule has 1 N–H and O–H groups in total. The summed E-state index contributed by atoms with van der Waals surface area (Å²) in [6, 6.07) is 8.77. The standard InChI is InChI=1S/C15H14F2O2/c1-9-6-7-10(8-13(9)19-2)15(18)11-4-3-5-12(16)14(11)17/h3-8,15,18H,1-2H3. The Balaban J connectivity index is 2.44. The Labute approximate surface area is 110 Å². The third-order valence-corrected chi connectivity index (χ3v) is 3.02. The summed E-state index contributed by atoms with van der Waals surface area (Å²) in [5.74, 6) is -1.42. The van der Waals surface area contributed by atoms with E-state index in [1.54, 1.807) is 18.2 Å². The van der Waals surface area contributed by atoms with Gasteiger partial charge in [-0.15, -0.1) is 0 Å². The van der Waals surface area contributed by atoms with E-state index >= 15 is 0 Å². The highest BCUT2D eigenvalue weighted by molar-refractivity contribution is 5.40. The molecule has 1 unspecified atom stereocenters. The van der Waals surface area contributed by atoms with Gasteiger partial charge in [-0.05, 0) is 30.2 Å². The van der Waals surface area contributed by atoms with Crippen LogP contribution in [0.3, 0.4) is 0 Å². The van der Waals surface area contributed by atoms with E-state index in [0.717, 1.165) is 11.6 Å². The summed E-state index contributed by atoms with van der Waals surface area (Å²) in [4.78, 5) is 0. The lowest BCUT2D eigenvalue weighted by Gasteiger charge is -2.14. The van der Waals surface area contributed by atoms with Crippen LogP contribution in [0.5, 0.6) is 5.75 Å². The Kier molecular flexibility index (Phi) is 3.81. The van der Waals surface area contributed by atoms with E-state index in [2.05, 4.69) is 0 Å². The van der Waals surface area contributed by atoms with E-state index < -0.39 is 17.7 Å². The van der Waals surface area contributed by atoms with Crippen molar-refractivity contribution < 1.29 is 18.6 Å². The molecule has 0 fully saturated rings. The van der Waals surface area contributed by atoms with Gasteiger partial charge in [0.25, 0.3) is 0 Å². The van der Waals surface area contributed by atoms with Gasteiger partial charge in [0.05, 0.1) is 7.11 Å². The van der Waals surface area contributed by atoms with Crippen molar-refractivity contribution in [2.45, 2.75) is 13.0 Å². The predicted octanol–water partition coefficient (Wildman–Crippen LogP) is 3.36. The molecule has 19 heavy (non-hydrogen) atoms. The van der Waals surface area contributed by atoms with Gasteiger partial charge in [-0.1, -0.05) is 24.3 Å². The summed E-state index contributed by atoms with van der Waals surface area (Å²) in [6.07, 6.45) is -1.23. The van der Waals surface area contributed by atoms with Crippen LogP contribution in [0.4, 0.5) is 8.78 Å². The first kappa shape index (κ1) is 13.5. The first-order chi connectivity index (χ1) is 9.04. The van der Waals surface area contributed by atoms with E-state index in [0.29, 0.717) is 11.3 Å². The molecule has 100 valence electrons. The van der Waals surface area contributed by atoms with Gasteiger partial charge in [-0.25, -0.2) is 8.78 Å². The third-order valence-electron chi connectivity index (χ3n) is 3.02. The molecule has 1 atom stereocenters. The van der Waals surface area contributed by atoms with Crippen molar-refractivity contribution in [3.63, 3.8) is 0 Å². The molecule has 2 rings (SSSR count). The minimum Gasteiger partial charge on any atom is -0.496 e. The molecule has 0 aliphatic heterocycles. The zero-order chi connectivity index (χ0) is 14.0. The smallest absolute Gasteiger partial charge is 0.164 e. The Hall–Kier alpha value is -1.94. The summed E-state index contributed by atoms with van der Waals surface area (Å²) in [5, 5.41) is 10.1. The van der Waals surface area contributed by atoms with Crippen LogP contribution in [0.15, 0.2) is 36.4 Å². The quantitative estimate of drug-likeness (QED) is 0.921. The van der Waals surface area contributed by atoms with Crippen LogP contribution < -0.4 is 4.74 Å². The lowest BCUT2D eigenvalue weighted by Crippen LogP contribution is -2.04. The van der Waals surface area contributed by atoms with Crippen LogP contribution in [0.2, 0.25) is 0 Å². The molecule has 2 aromatic carbocycles. The number of rotatable bonds is 3. The highest BCUT2D eigenvalue weighted by Crippen LogP contribution is 2.29. The van der Waals surface area contributed by atoms with Crippen LogP contribution in [0, 0.1) is 18.6 Å². The van der Waals surface area contributed by atoms with Gasteiger partial charge >= 0.3 is 0 Å². The SMILES string of the molecule is COc1cc(C(O)c2cccc(F)c2F)ccc1C. The number of aliphatic hydroxyl groups excluding tert-OH is 1. The van der Waals surface area contributed by atoms with Gasteiger partial charge < -0.3 is 9.84 Å². The number of aliphatic hydroxyl groups is 1. The second-order valence-corrected chi connectivity index (χ2v) is 4.27. The molecular weight excluding hydrogens is 250 g/mol. The molecule has 4 heteroatoms. The molecule has 0 aromatic heterocycles. The summed E-state index contributed by atoms with van der Waals surface area (Å²) in [7, 11) is 1.52. The minimum atomic E-state index is -1.23. The summed E-state index contributed by atoms with van der Waals surface area (Å²) in [5.41, 5.74) is 1.26. The highest BCUT2D eigenvalue weighted by atomic mass is 19.2. The van der Waals surface area contributed by atoms with Crippen molar-refractivity contribution in [3.8, 4) is 5.75 Å². The molecular formula is C15H14F2O2. The normalized spacial score (nSPS) is 12.3. The zero-order valence-electron chi connectivity index (χ0n) is 10.7. The fourth-order valence-corrected chi connectivity index (χ4v) is 1.92. The van der Waals surface area contributed by atoms with Gasteiger partial charge in [0.15, 0.2) is 11.6 Å². The summed E-state index contributed by atoms with van der Waals surface area (Å²) < 4.78 is 31.9. The lowest BCUT2D eigenvalue weighted by molar-refractivity contribution is 0.213. The molecule has 2 nitrogen and oxygen atoms in total. The van der Waals surface area contributed by atoms with Crippen LogP contribution in [-0.4, -0.2) is 12.2 Å². The molecule has 0 bridgehead atoms. The van der Waals surface area contributed by atoms with Gasteiger partial charge in [0, 0.05) is 5.56 Å². The number of halogens is 2. The Morgan fingerprint density at radius 3 is 2.58 bits per heavy atom. The van der Waals surface area contributed by atoms with Crippen LogP contribution in [0.1, 0.15) is 22.8 Å². The van der Waals surface area contributed by atoms with Crippen LogP contribution in [-0.2, 0) is 0 Å². The monoisotopic (exact) mass is 264 g/mol. The second-order valence-electron chi connectivity index (χ2n) is 4.27. The molecule has 0 saturated carbocycles. The highest BCUT2D eigenvalue weighted by Gasteiger charge is 2.18. The van der Waals surface area contributed by atoms with E-state index in [1.165, 1.54) is 19.2 Å². The maximum absolute atomic E-state index is 13.6. The Morgan fingerprint density at radius 2 is 1.89 bits per heavy atom. The molecule has 0 aliphatic rings. The number of benzene rings is 2. The van der Waals surface area contributed by atoms with Crippen LogP contribution >= 0.6 is 0 Å². The number of hydrogen-bond acceptors (Lipinski definition) is 2. The Bertz CT molecular complexity index is 597. The molecule has 0 saturated heterocycles. The van der Waals surface area contributed by atoms with Gasteiger partial charge in [-0.2, -0.15) is 0 Å². The van der Waals surface area contributed by atoms with Crippen molar-refractivity contribution in [1.82, 2.24) is 0 Å². The number of hydrogen-bond donors (Lipinski definition) is 1. The Morgan fingerprint density at radius 1 is 1.16 bits per heavy atom. The number of methoxy groups -OCH3 is 1. The zero-order valence-corrected chi connectivity index (χ0v) is 10.7. The maximum Gasteiger partial charge on any atom is 0.164 e. The fourth-order valence-electron chi connectivity index (χ4n) is 1.92. The van der Waals surface area contributed by atoms with E-state index in [9.17, 15) is 13.9 Å². The van der Waals surface area contributed by atoms with Crippen molar-refractivity contribution in [2.24, 2.45) is 0 Å². The van der Waals surface area contributed by atoms with E-state index in [1.807, 2.05) is 6.92 Å². The molecule has 0 heterocycles. The molecule has 2 aromatic rings. The molecule has 0 radical (unpaired) electrons. The van der Waals surface area contributed by atoms with E-state index in [-0.39, 0.29) is 5.56 Å². The van der Waals surface area contributed by atoms with Gasteiger partial charge in [-0.3, -0.25) is 0 Å². The van der Waals surface area contributed by atoms with Crippen LogP contribution in [0.25, 0.3) is 0 Å². The maximum atomic E-state index is 13.6. The lowest BCUT2D eigenvalue weighted by atomic mass is 9.99. The van der Waals surface area contributed by atoms with Crippen molar-refractivity contribution in [2.75, 3.05) is 7.11 Å². The first-order valence-corrected chi connectivity index (χ1v) is 5.81. The molecule has 0 spiro atoms. The van der Waals surface area contributed by atoms with Crippen molar-refractivity contribution in [3.05, 3.63) is 64.7 Å². The van der Waals surface area contributed by atoms with Crippen molar-refractivity contribution in [1.29, 1.82) is 0 Å². The molecule has 0 amide bonds. The first-order valence-electron chi connectivity index (χ1n) is 5.81. The van der Waals surface area contributed by atoms with Gasteiger partial charge in [0.2, 0.25) is 0 Å². The largest absolute Gasteiger partial charge is 0.496 e. The topological polar surface area (TPSA) is 29.5 Å². The van der Waals surface area contributed by atoms with E-state index in [4.69, 9.17) is 4.74 Å². The minimum absolute atomic E-state index is 0.0918. The predicted molar refractivity (Wildman–Crippen MR) is 68.2 cm³/mol. The second kappa shape index (κ2) is 5.36. The van der Waals surface area contributed by atoms with Crippen molar-refractivity contribution >= 4 is 0 Å². The summed E-state index contributed by atoms with van der Waals surface area (Å²) >= 11 is 0. The number of ether oxygens (including phenoxy) is 1. The summed E-state index contributed by atoms with van der Waals surface area (Å²) in [6.45, 7) is 1.86. The number of aryl methyl sites for hydroxylation is 1. The third kappa shape index (κ3) is 2.58.